The predicted molar refractivity (Wildman–Crippen MR) is 101 cm³/mol. The Kier molecular flexibility index (Phi) is 11.8. The lowest BCUT2D eigenvalue weighted by molar-refractivity contribution is -0.148. The number of nitrogens with one attached hydrogen (secondary N) is 1. The zero-order valence-corrected chi connectivity index (χ0v) is 16.7. The first-order valence-electron chi connectivity index (χ1n) is 8.96. The Bertz CT molecular complexity index is 427. The third-order valence-electron chi connectivity index (χ3n) is 3.76. The Morgan fingerprint density at radius 1 is 1.12 bits per heavy atom. The van der Waals surface area contributed by atoms with Crippen molar-refractivity contribution in [2.45, 2.75) is 70.1 Å². The third-order valence-corrected chi connectivity index (χ3v) is 6.76. The van der Waals surface area contributed by atoms with E-state index in [0.717, 1.165) is 19.3 Å². The molecule has 0 spiro atoms. The molecule has 144 valence electrons. The lowest BCUT2D eigenvalue weighted by Gasteiger charge is -2.17. The molecular formula is C17H29NO5S2. The van der Waals surface area contributed by atoms with Crippen molar-refractivity contribution in [3.8, 4) is 0 Å². The Hall–Kier alpha value is -0.890. The van der Waals surface area contributed by atoms with E-state index in [2.05, 4.69) is 5.32 Å². The molecule has 6 nitrogen and oxygen atoms in total. The number of carbonyl (C=O) groups is 3. The molecule has 1 rings (SSSR count). The molecule has 0 radical (unpaired) electrons. The van der Waals surface area contributed by atoms with Gasteiger partial charge in [0.25, 0.3) is 0 Å². The molecule has 1 aliphatic rings. The summed E-state index contributed by atoms with van der Waals surface area (Å²) in [6.45, 7) is 3.97. The number of carbonyl (C=O) groups excluding carboxylic acids is 3. The maximum Gasteiger partial charge on any atom is 0.328 e. The van der Waals surface area contributed by atoms with E-state index in [-0.39, 0.29) is 31.3 Å². The summed E-state index contributed by atoms with van der Waals surface area (Å²) in [5.41, 5.74) is 0. The average Bonchev–Trinajstić information content (AvgIpc) is 3.09. The first kappa shape index (κ1) is 22.2. The number of hydrogen-bond acceptors (Lipinski definition) is 7. The second-order valence-corrected chi connectivity index (χ2v) is 8.58. The fourth-order valence-electron chi connectivity index (χ4n) is 2.48. The molecular weight excluding hydrogens is 362 g/mol. The van der Waals surface area contributed by atoms with Crippen LogP contribution in [-0.4, -0.2) is 48.1 Å². The molecule has 1 N–H and O–H groups in total. The van der Waals surface area contributed by atoms with Gasteiger partial charge < -0.3 is 14.8 Å². The molecule has 0 aromatic rings. The van der Waals surface area contributed by atoms with Gasteiger partial charge in [0.2, 0.25) is 5.91 Å². The second kappa shape index (κ2) is 13.3. The summed E-state index contributed by atoms with van der Waals surface area (Å²) in [4.78, 5) is 35.5. The molecule has 1 fully saturated rings. The molecule has 25 heavy (non-hydrogen) atoms. The van der Waals surface area contributed by atoms with Crippen molar-refractivity contribution < 1.29 is 23.9 Å². The number of esters is 2. The topological polar surface area (TPSA) is 81.7 Å². The molecule has 0 aromatic carbocycles. The molecule has 0 aromatic heterocycles. The summed E-state index contributed by atoms with van der Waals surface area (Å²) in [7, 11) is 3.87. The normalized spacial score (nSPS) is 17.8. The van der Waals surface area contributed by atoms with E-state index in [9.17, 15) is 14.4 Å². The molecule has 2 atom stereocenters. The van der Waals surface area contributed by atoms with Gasteiger partial charge in [0.05, 0.1) is 13.2 Å². The molecule has 0 bridgehead atoms. The first-order chi connectivity index (χ1) is 12.1. The minimum Gasteiger partial charge on any atom is -0.466 e. The zero-order chi connectivity index (χ0) is 18.5. The van der Waals surface area contributed by atoms with Crippen LogP contribution >= 0.6 is 21.6 Å². The Morgan fingerprint density at radius 3 is 2.52 bits per heavy atom. The summed E-state index contributed by atoms with van der Waals surface area (Å²) in [5, 5.41) is 3.41. The summed E-state index contributed by atoms with van der Waals surface area (Å²) < 4.78 is 9.84. The molecule has 1 saturated heterocycles. The van der Waals surface area contributed by atoms with Crippen LogP contribution in [0.1, 0.15) is 58.8 Å². The smallest absolute Gasteiger partial charge is 0.328 e. The van der Waals surface area contributed by atoms with Gasteiger partial charge in [0.15, 0.2) is 0 Å². The Labute approximate surface area is 157 Å². The van der Waals surface area contributed by atoms with Crippen molar-refractivity contribution in [2.75, 3.05) is 19.0 Å². The van der Waals surface area contributed by atoms with Gasteiger partial charge in [-0.1, -0.05) is 28.0 Å². The van der Waals surface area contributed by atoms with Crippen molar-refractivity contribution >= 4 is 39.4 Å². The van der Waals surface area contributed by atoms with Crippen LogP contribution in [0.2, 0.25) is 0 Å². The van der Waals surface area contributed by atoms with Crippen molar-refractivity contribution in [2.24, 2.45) is 0 Å². The number of hydrogen-bond donors (Lipinski definition) is 1. The van der Waals surface area contributed by atoms with Gasteiger partial charge in [-0.25, -0.2) is 4.79 Å². The highest BCUT2D eigenvalue weighted by atomic mass is 33.1. The van der Waals surface area contributed by atoms with Crippen LogP contribution in [0.25, 0.3) is 0 Å². The van der Waals surface area contributed by atoms with E-state index in [1.165, 1.54) is 12.2 Å². The van der Waals surface area contributed by atoms with Crippen LogP contribution < -0.4 is 5.32 Å². The highest BCUT2D eigenvalue weighted by molar-refractivity contribution is 8.77. The molecule has 8 heteroatoms. The van der Waals surface area contributed by atoms with Gasteiger partial charge >= 0.3 is 11.9 Å². The number of ether oxygens (including phenoxy) is 2. The lowest BCUT2D eigenvalue weighted by atomic mass is 10.1. The summed E-state index contributed by atoms with van der Waals surface area (Å²) in [5.74, 6) is 0.171. The van der Waals surface area contributed by atoms with Crippen LogP contribution in [0.4, 0.5) is 0 Å². The van der Waals surface area contributed by atoms with Gasteiger partial charge in [-0.3, -0.25) is 9.59 Å². The van der Waals surface area contributed by atoms with Gasteiger partial charge in [-0.2, -0.15) is 0 Å². The van der Waals surface area contributed by atoms with Crippen molar-refractivity contribution in [3.05, 3.63) is 0 Å². The van der Waals surface area contributed by atoms with Crippen LogP contribution in [0.3, 0.4) is 0 Å². The van der Waals surface area contributed by atoms with Crippen molar-refractivity contribution in [1.82, 2.24) is 5.32 Å². The monoisotopic (exact) mass is 391 g/mol. The fraction of sp³-hybridized carbons (Fsp3) is 0.824. The minimum atomic E-state index is -0.793. The molecule has 1 amide bonds. The van der Waals surface area contributed by atoms with E-state index < -0.39 is 12.0 Å². The number of rotatable bonds is 12. The average molecular weight is 392 g/mol. The number of amides is 1. The van der Waals surface area contributed by atoms with E-state index in [0.29, 0.717) is 18.3 Å². The zero-order valence-electron chi connectivity index (χ0n) is 15.1. The highest BCUT2D eigenvalue weighted by Crippen LogP contribution is 2.39. The summed E-state index contributed by atoms with van der Waals surface area (Å²) >= 11 is 0. The Morgan fingerprint density at radius 2 is 1.88 bits per heavy atom. The molecule has 0 aliphatic carbocycles. The van der Waals surface area contributed by atoms with E-state index in [1.54, 1.807) is 13.8 Å². The first-order valence-corrected chi connectivity index (χ1v) is 11.3. The molecule has 2 unspecified atom stereocenters. The summed E-state index contributed by atoms with van der Waals surface area (Å²) in [6, 6.07) is -0.793. The standard InChI is InChI=1S/C17H29NO5S2/c1-3-22-16(20)10-9-14(17(21)23-4-2)18-15(19)8-6-5-7-13-11-12-24-25-13/h13-14H,3-12H2,1-2H3,(H,18,19). The fourth-order valence-corrected chi connectivity index (χ4v) is 5.50. The van der Waals surface area contributed by atoms with Crippen LogP contribution in [0, 0.1) is 0 Å². The van der Waals surface area contributed by atoms with Gasteiger partial charge in [0, 0.05) is 23.8 Å². The summed E-state index contributed by atoms with van der Waals surface area (Å²) in [6.07, 6.45) is 4.86. The van der Waals surface area contributed by atoms with Crippen LogP contribution in [0.5, 0.6) is 0 Å². The molecule has 0 saturated carbocycles. The highest BCUT2D eigenvalue weighted by Gasteiger charge is 2.23. The molecule has 1 aliphatic heterocycles. The Balaban J connectivity index is 2.31. The second-order valence-electron chi connectivity index (χ2n) is 5.79. The van der Waals surface area contributed by atoms with E-state index in [1.807, 2.05) is 21.6 Å². The quantitative estimate of drug-likeness (QED) is 0.311. The van der Waals surface area contributed by atoms with Gasteiger partial charge in [0.1, 0.15) is 6.04 Å². The third kappa shape index (κ3) is 9.99. The van der Waals surface area contributed by atoms with Crippen LogP contribution in [-0.2, 0) is 23.9 Å². The van der Waals surface area contributed by atoms with E-state index >= 15 is 0 Å². The van der Waals surface area contributed by atoms with Crippen molar-refractivity contribution in [3.63, 3.8) is 0 Å². The van der Waals surface area contributed by atoms with Crippen molar-refractivity contribution in [1.29, 1.82) is 0 Å². The predicted octanol–water partition coefficient (Wildman–Crippen LogP) is 3.09. The van der Waals surface area contributed by atoms with Gasteiger partial charge in [-0.05, 0) is 39.5 Å². The lowest BCUT2D eigenvalue weighted by Crippen LogP contribution is -2.42. The SMILES string of the molecule is CCOC(=O)CCC(NC(=O)CCCCC1CCSS1)C(=O)OCC. The van der Waals surface area contributed by atoms with Gasteiger partial charge in [-0.15, -0.1) is 0 Å². The molecule has 1 heterocycles. The largest absolute Gasteiger partial charge is 0.466 e. The van der Waals surface area contributed by atoms with E-state index in [4.69, 9.17) is 9.47 Å². The number of unbranched alkanes of at least 4 members (excludes halogenated alkanes) is 1. The maximum absolute atomic E-state index is 12.1. The maximum atomic E-state index is 12.1. The van der Waals surface area contributed by atoms with Crippen LogP contribution in [0.15, 0.2) is 0 Å². The minimum absolute atomic E-state index is 0.0776.